The molecule has 0 saturated carbocycles. The molecule has 0 fully saturated rings. The predicted octanol–water partition coefficient (Wildman–Crippen LogP) is 2.50. The van der Waals surface area contributed by atoms with E-state index < -0.39 is 0 Å². The van der Waals surface area contributed by atoms with E-state index in [9.17, 15) is 0 Å². The van der Waals surface area contributed by atoms with Crippen LogP contribution in [-0.4, -0.2) is 22.3 Å². The molecule has 0 aliphatic heterocycles. The molecule has 0 aliphatic carbocycles. The van der Waals surface area contributed by atoms with Crippen LogP contribution >= 0.6 is 11.8 Å². The summed E-state index contributed by atoms with van der Waals surface area (Å²) in [4.78, 5) is 8.04. The first-order chi connectivity index (χ1) is 9.38. The SMILES string of the molecule is NCc1ccc(OCCCSc2ccncn2)cc1. The number of nitrogens with zero attached hydrogens (tertiary/aromatic N) is 2. The van der Waals surface area contributed by atoms with Crippen LogP contribution in [0.3, 0.4) is 0 Å². The first-order valence-electron chi connectivity index (χ1n) is 6.19. The number of ether oxygens (including phenoxy) is 1. The van der Waals surface area contributed by atoms with Gasteiger partial charge in [0.05, 0.1) is 11.6 Å². The number of hydrogen-bond acceptors (Lipinski definition) is 5. The van der Waals surface area contributed by atoms with Crippen LogP contribution < -0.4 is 10.5 Å². The second-order valence-electron chi connectivity index (χ2n) is 3.95. The normalized spacial score (nSPS) is 10.4. The van der Waals surface area contributed by atoms with Gasteiger partial charge >= 0.3 is 0 Å². The first-order valence-corrected chi connectivity index (χ1v) is 7.17. The van der Waals surface area contributed by atoms with Crippen molar-refractivity contribution in [2.45, 2.75) is 18.0 Å². The van der Waals surface area contributed by atoms with Gasteiger partial charge < -0.3 is 10.5 Å². The van der Waals surface area contributed by atoms with Gasteiger partial charge in [0.1, 0.15) is 12.1 Å². The Kier molecular flexibility index (Phi) is 5.65. The topological polar surface area (TPSA) is 61.0 Å². The second kappa shape index (κ2) is 7.76. The lowest BCUT2D eigenvalue weighted by atomic mass is 10.2. The van der Waals surface area contributed by atoms with Crippen molar-refractivity contribution < 1.29 is 4.74 Å². The molecule has 1 aromatic carbocycles. The van der Waals surface area contributed by atoms with E-state index in [1.54, 1.807) is 24.3 Å². The molecule has 0 bridgehead atoms. The highest BCUT2D eigenvalue weighted by molar-refractivity contribution is 7.99. The van der Waals surface area contributed by atoms with Gasteiger partial charge in [-0.05, 0) is 30.2 Å². The highest BCUT2D eigenvalue weighted by Crippen LogP contribution is 2.15. The van der Waals surface area contributed by atoms with Crippen molar-refractivity contribution in [3.05, 3.63) is 48.4 Å². The van der Waals surface area contributed by atoms with Crippen LogP contribution in [0.1, 0.15) is 12.0 Å². The third-order valence-corrected chi connectivity index (χ3v) is 3.55. The first kappa shape index (κ1) is 13.8. The molecule has 0 saturated heterocycles. The molecule has 0 unspecified atom stereocenters. The van der Waals surface area contributed by atoms with Gasteiger partial charge in [0.15, 0.2) is 0 Å². The third-order valence-electron chi connectivity index (χ3n) is 2.52. The molecule has 0 radical (unpaired) electrons. The largest absolute Gasteiger partial charge is 0.494 e. The van der Waals surface area contributed by atoms with Crippen molar-refractivity contribution in [3.63, 3.8) is 0 Å². The second-order valence-corrected chi connectivity index (χ2v) is 5.06. The van der Waals surface area contributed by atoms with Gasteiger partial charge in [-0.15, -0.1) is 11.8 Å². The Labute approximate surface area is 117 Å². The Morgan fingerprint density at radius 1 is 1.16 bits per heavy atom. The summed E-state index contributed by atoms with van der Waals surface area (Å²) in [6.45, 7) is 1.27. The van der Waals surface area contributed by atoms with Gasteiger partial charge in [-0.3, -0.25) is 0 Å². The zero-order valence-corrected chi connectivity index (χ0v) is 11.5. The van der Waals surface area contributed by atoms with Gasteiger partial charge in [-0.2, -0.15) is 0 Å². The Morgan fingerprint density at radius 2 is 2.00 bits per heavy atom. The van der Waals surface area contributed by atoms with Crippen molar-refractivity contribution in [2.24, 2.45) is 5.73 Å². The molecular weight excluding hydrogens is 258 g/mol. The lowest BCUT2D eigenvalue weighted by molar-refractivity contribution is 0.318. The Morgan fingerprint density at radius 3 is 2.68 bits per heavy atom. The number of aromatic nitrogens is 2. The van der Waals surface area contributed by atoms with Gasteiger partial charge in [0, 0.05) is 18.5 Å². The standard InChI is InChI=1S/C14H17N3OS/c15-10-12-2-4-13(5-3-12)18-8-1-9-19-14-6-7-16-11-17-14/h2-7,11H,1,8-10,15H2. The summed E-state index contributed by atoms with van der Waals surface area (Å²) < 4.78 is 5.66. The summed E-state index contributed by atoms with van der Waals surface area (Å²) in [6.07, 6.45) is 4.30. The number of nitrogens with two attached hydrogens (primary N) is 1. The Bertz CT molecular complexity index is 476. The maximum absolute atomic E-state index is 5.66. The zero-order chi connectivity index (χ0) is 13.3. The summed E-state index contributed by atoms with van der Waals surface area (Å²) in [5.41, 5.74) is 6.66. The molecule has 2 N–H and O–H groups in total. The number of rotatable bonds is 7. The van der Waals surface area contributed by atoms with Crippen molar-refractivity contribution in [1.29, 1.82) is 0 Å². The summed E-state index contributed by atoms with van der Waals surface area (Å²) in [5, 5.41) is 1.00. The molecule has 19 heavy (non-hydrogen) atoms. The van der Waals surface area contributed by atoms with Crippen molar-refractivity contribution >= 4 is 11.8 Å². The fourth-order valence-corrected chi connectivity index (χ4v) is 2.26. The molecule has 2 aromatic rings. The van der Waals surface area contributed by atoms with E-state index in [1.807, 2.05) is 30.3 Å². The molecule has 0 aliphatic rings. The van der Waals surface area contributed by atoms with E-state index in [4.69, 9.17) is 10.5 Å². The fourth-order valence-electron chi connectivity index (χ4n) is 1.51. The molecule has 1 aromatic heterocycles. The number of thioether (sulfide) groups is 1. The molecular formula is C14H17N3OS. The predicted molar refractivity (Wildman–Crippen MR) is 77.2 cm³/mol. The van der Waals surface area contributed by atoms with E-state index in [0.717, 1.165) is 28.5 Å². The average molecular weight is 275 g/mol. The Hall–Kier alpha value is -1.59. The van der Waals surface area contributed by atoms with Gasteiger partial charge in [-0.1, -0.05) is 12.1 Å². The molecule has 0 atom stereocenters. The number of hydrogen-bond donors (Lipinski definition) is 1. The van der Waals surface area contributed by atoms with Gasteiger partial charge in [0.2, 0.25) is 0 Å². The summed E-state index contributed by atoms with van der Waals surface area (Å²) in [7, 11) is 0. The van der Waals surface area contributed by atoms with E-state index in [1.165, 1.54) is 0 Å². The Balaban J connectivity index is 1.63. The zero-order valence-electron chi connectivity index (χ0n) is 10.7. The molecule has 0 spiro atoms. The van der Waals surface area contributed by atoms with Crippen molar-refractivity contribution in [2.75, 3.05) is 12.4 Å². The fraction of sp³-hybridized carbons (Fsp3) is 0.286. The summed E-state index contributed by atoms with van der Waals surface area (Å²) >= 11 is 1.71. The molecule has 5 heteroatoms. The monoisotopic (exact) mass is 275 g/mol. The minimum Gasteiger partial charge on any atom is -0.494 e. The van der Waals surface area contributed by atoms with Crippen LogP contribution in [0.5, 0.6) is 5.75 Å². The quantitative estimate of drug-likeness (QED) is 0.478. The minimum absolute atomic E-state index is 0.565. The molecule has 2 rings (SSSR count). The molecule has 100 valence electrons. The molecule has 4 nitrogen and oxygen atoms in total. The van der Waals surface area contributed by atoms with E-state index in [2.05, 4.69) is 9.97 Å². The lowest BCUT2D eigenvalue weighted by Crippen LogP contribution is -2.00. The van der Waals surface area contributed by atoms with Crippen LogP contribution in [0.4, 0.5) is 0 Å². The van der Waals surface area contributed by atoms with Crippen LogP contribution in [-0.2, 0) is 6.54 Å². The van der Waals surface area contributed by atoms with E-state index in [-0.39, 0.29) is 0 Å². The van der Waals surface area contributed by atoms with E-state index >= 15 is 0 Å². The number of benzene rings is 1. The highest BCUT2D eigenvalue weighted by Gasteiger charge is 1.97. The maximum Gasteiger partial charge on any atom is 0.119 e. The van der Waals surface area contributed by atoms with Crippen LogP contribution in [0.15, 0.2) is 47.9 Å². The summed E-state index contributed by atoms with van der Waals surface area (Å²) in [5.74, 6) is 1.88. The summed E-state index contributed by atoms with van der Waals surface area (Å²) in [6, 6.07) is 9.81. The average Bonchev–Trinajstić information content (AvgIpc) is 2.49. The molecule has 1 heterocycles. The van der Waals surface area contributed by atoms with Crippen LogP contribution in [0.2, 0.25) is 0 Å². The van der Waals surface area contributed by atoms with Crippen LogP contribution in [0, 0.1) is 0 Å². The molecule has 0 amide bonds. The third kappa shape index (κ3) is 4.89. The van der Waals surface area contributed by atoms with Crippen LogP contribution in [0.25, 0.3) is 0 Å². The highest BCUT2D eigenvalue weighted by atomic mass is 32.2. The van der Waals surface area contributed by atoms with Gasteiger partial charge in [0.25, 0.3) is 0 Å². The lowest BCUT2D eigenvalue weighted by Gasteiger charge is -2.06. The van der Waals surface area contributed by atoms with Gasteiger partial charge in [-0.25, -0.2) is 9.97 Å². The van der Waals surface area contributed by atoms with Crippen molar-refractivity contribution in [3.8, 4) is 5.75 Å². The smallest absolute Gasteiger partial charge is 0.119 e. The maximum atomic E-state index is 5.66. The van der Waals surface area contributed by atoms with E-state index in [0.29, 0.717) is 13.2 Å². The van der Waals surface area contributed by atoms with Crippen molar-refractivity contribution in [1.82, 2.24) is 9.97 Å². The minimum atomic E-state index is 0.565.